The van der Waals surface area contributed by atoms with Crippen LogP contribution in [0.2, 0.25) is 0 Å². The van der Waals surface area contributed by atoms with Crippen LogP contribution in [0.15, 0.2) is 94.7 Å². The van der Waals surface area contributed by atoms with Gasteiger partial charge in [0.05, 0.1) is 11.3 Å². The zero-order valence-electron chi connectivity index (χ0n) is 19.3. The van der Waals surface area contributed by atoms with Crippen molar-refractivity contribution in [3.05, 3.63) is 102 Å². The van der Waals surface area contributed by atoms with Gasteiger partial charge < -0.3 is 13.9 Å². The van der Waals surface area contributed by atoms with Crippen LogP contribution in [0.4, 0.5) is 5.13 Å². The van der Waals surface area contributed by atoms with Gasteiger partial charge in [0, 0.05) is 16.3 Å². The number of anilines is 1. The minimum atomic E-state index is -1.07. The van der Waals surface area contributed by atoms with Gasteiger partial charge in [-0.25, -0.2) is 9.78 Å². The fourth-order valence-electron chi connectivity index (χ4n) is 3.63. The van der Waals surface area contributed by atoms with Crippen molar-refractivity contribution < 1.29 is 23.5 Å². The molecule has 180 valence electrons. The number of aromatic nitrogens is 1. The summed E-state index contributed by atoms with van der Waals surface area (Å²) in [5.74, 6) is -0.569. The molecular formula is C28H22N2O5S. The first-order chi connectivity index (χ1) is 17.6. The largest absolute Gasteiger partial charge is 0.489 e. The lowest BCUT2D eigenvalue weighted by molar-refractivity contribution is -0.123. The number of hydrogen-bond donors (Lipinski definition) is 1. The molecule has 1 amide bonds. The van der Waals surface area contributed by atoms with E-state index in [0.29, 0.717) is 22.0 Å². The molecule has 2 heterocycles. The maximum absolute atomic E-state index is 13.0. The maximum atomic E-state index is 13.0. The van der Waals surface area contributed by atoms with Crippen LogP contribution in [0.3, 0.4) is 0 Å². The van der Waals surface area contributed by atoms with E-state index < -0.39 is 18.0 Å². The topological polar surface area (TPSA) is 90.7 Å². The quantitative estimate of drug-likeness (QED) is 0.252. The molecule has 8 heteroatoms. The van der Waals surface area contributed by atoms with E-state index in [4.69, 9.17) is 13.9 Å². The molecule has 0 aliphatic carbocycles. The highest BCUT2D eigenvalue weighted by Crippen LogP contribution is 2.29. The van der Waals surface area contributed by atoms with Gasteiger partial charge in [-0.05, 0) is 25.1 Å². The molecule has 2 aromatic heterocycles. The smallest absolute Gasteiger partial charge is 0.375 e. The van der Waals surface area contributed by atoms with Crippen LogP contribution >= 0.6 is 11.3 Å². The number of hydrogen-bond acceptors (Lipinski definition) is 7. The van der Waals surface area contributed by atoms with E-state index in [0.717, 1.165) is 16.6 Å². The fraction of sp³-hybridized carbons (Fsp3) is 0.107. The minimum Gasteiger partial charge on any atom is -0.489 e. The van der Waals surface area contributed by atoms with Crippen molar-refractivity contribution in [3.63, 3.8) is 0 Å². The Labute approximate surface area is 211 Å². The van der Waals surface area contributed by atoms with Crippen LogP contribution in [0.25, 0.3) is 22.2 Å². The minimum absolute atomic E-state index is 0.00685. The highest BCUT2D eigenvalue weighted by molar-refractivity contribution is 7.14. The number of rotatable bonds is 8. The molecule has 0 saturated carbocycles. The summed E-state index contributed by atoms with van der Waals surface area (Å²) in [6, 6.07) is 26.2. The zero-order valence-corrected chi connectivity index (χ0v) is 20.2. The average Bonchev–Trinajstić information content (AvgIpc) is 3.53. The van der Waals surface area contributed by atoms with Crippen molar-refractivity contribution in [1.29, 1.82) is 0 Å². The van der Waals surface area contributed by atoms with E-state index in [9.17, 15) is 9.59 Å². The van der Waals surface area contributed by atoms with Gasteiger partial charge in [-0.2, -0.15) is 0 Å². The molecule has 1 N–H and O–H groups in total. The van der Waals surface area contributed by atoms with Crippen LogP contribution in [0.1, 0.15) is 23.0 Å². The molecule has 0 bridgehead atoms. The van der Waals surface area contributed by atoms with Crippen molar-refractivity contribution in [3.8, 4) is 17.0 Å². The summed E-state index contributed by atoms with van der Waals surface area (Å²) in [4.78, 5) is 30.2. The Morgan fingerprint density at radius 1 is 0.972 bits per heavy atom. The van der Waals surface area contributed by atoms with E-state index >= 15 is 0 Å². The number of carbonyl (C=O) groups is 2. The molecule has 0 fully saturated rings. The highest BCUT2D eigenvalue weighted by Gasteiger charge is 2.26. The second-order valence-electron chi connectivity index (χ2n) is 7.95. The third-order valence-corrected chi connectivity index (χ3v) is 6.22. The second-order valence-corrected chi connectivity index (χ2v) is 8.81. The molecule has 0 aliphatic heterocycles. The Morgan fingerprint density at radius 3 is 2.44 bits per heavy atom. The number of carbonyl (C=O) groups excluding carboxylic acids is 2. The number of furan rings is 1. The van der Waals surface area contributed by atoms with E-state index in [1.165, 1.54) is 18.3 Å². The maximum Gasteiger partial charge on any atom is 0.375 e. The normalized spacial score (nSPS) is 11.7. The molecule has 0 saturated heterocycles. The number of thiazole rings is 1. The van der Waals surface area contributed by atoms with Crippen LogP contribution < -0.4 is 10.1 Å². The van der Waals surface area contributed by atoms with Crippen molar-refractivity contribution in [1.82, 2.24) is 4.98 Å². The van der Waals surface area contributed by atoms with E-state index in [1.54, 1.807) is 6.07 Å². The Bertz CT molecular complexity index is 1490. The third kappa shape index (κ3) is 5.13. The zero-order chi connectivity index (χ0) is 24.9. The Kier molecular flexibility index (Phi) is 6.77. The number of nitrogens with one attached hydrogen (secondary N) is 1. The molecule has 0 aliphatic rings. The van der Waals surface area contributed by atoms with Crippen molar-refractivity contribution >= 4 is 39.3 Å². The van der Waals surface area contributed by atoms with Gasteiger partial charge in [0.1, 0.15) is 17.9 Å². The first-order valence-corrected chi connectivity index (χ1v) is 12.2. The van der Waals surface area contributed by atoms with E-state index in [1.807, 2.05) is 84.2 Å². The molecule has 5 rings (SSSR count). The van der Waals surface area contributed by atoms with E-state index in [-0.39, 0.29) is 12.4 Å². The number of amides is 1. The molecule has 5 aromatic rings. The lowest BCUT2D eigenvalue weighted by Gasteiger charge is -2.12. The number of benzene rings is 3. The van der Waals surface area contributed by atoms with Crippen molar-refractivity contribution in [2.24, 2.45) is 0 Å². The molecule has 0 radical (unpaired) electrons. The Hall–Kier alpha value is -4.43. The van der Waals surface area contributed by atoms with E-state index in [2.05, 4.69) is 10.3 Å². The Morgan fingerprint density at radius 2 is 1.67 bits per heavy atom. The molecule has 0 spiro atoms. The predicted octanol–water partition coefficient (Wildman–Crippen LogP) is 6.32. The summed E-state index contributed by atoms with van der Waals surface area (Å²) in [7, 11) is 0. The molecule has 3 aromatic carbocycles. The van der Waals surface area contributed by atoms with Crippen molar-refractivity contribution in [2.45, 2.75) is 19.6 Å². The highest BCUT2D eigenvalue weighted by atomic mass is 32.1. The standard InChI is InChI=1S/C28H22N2O5S/c1-18(26(31)30-28-29-23(17-36-28)19-10-4-2-5-11-19)34-27(32)25-22(16-33-20-12-6-3-7-13-20)21-14-8-9-15-24(21)35-25/h2-15,17-18H,16H2,1H3,(H,29,30,31). The monoisotopic (exact) mass is 498 g/mol. The van der Waals surface area contributed by atoms with Gasteiger partial charge >= 0.3 is 5.97 Å². The number of esters is 1. The van der Waals surface area contributed by atoms with Gasteiger partial charge in [-0.15, -0.1) is 11.3 Å². The summed E-state index contributed by atoms with van der Waals surface area (Å²) in [6.45, 7) is 1.61. The SMILES string of the molecule is CC(OC(=O)c1oc2ccccc2c1COc1ccccc1)C(=O)Nc1nc(-c2ccccc2)cs1. The number of ether oxygens (including phenoxy) is 2. The van der Waals surface area contributed by atoms with Gasteiger partial charge in [0.25, 0.3) is 5.91 Å². The average molecular weight is 499 g/mol. The first-order valence-electron chi connectivity index (χ1n) is 11.3. The summed E-state index contributed by atoms with van der Waals surface area (Å²) in [5.41, 5.74) is 2.79. The lowest BCUT2D eigenvalue weighted by atomic mass is 10.1. The summed E-state index contributed by atoms with van der Waals surface area (Å²) in [5, 5.41) is 5.73. The molecule has 36 heavy (non-hydrogen) atoms. The summed E-state index contributed by atoms with van der Waals surface area (Å²) >= 11 is 1.30. The van der Waals surface area contributed by atoms with Gasteiger partial charge in [-0.1, -0.05) is 66.7 Å². The molecule has 1 unspecified atom stereocenters. The third-order valence-electron chi connectivity index (χ3n) is 5.47. The van der Waals surface area contributed by atoms with Gasteiger partial charge in [-0.3, -0.25) is 10.1 Å². The van der Waals surface area contributed by atoms with Gasteiger partial charge in [0.15, 0.2) is 11.2 Å². The predicted molar refractivity (Wildman–Crippen MR) is 138 cm³/mol. The number of nitrogens with zero attached hydrogens (tertiary/aromatic N) is 1. The molecule has 7 nitrogen and oxygen atoms in total. The van der Waals surface area contributed by atoms with Crippen LogP contribution in [-0.4, -0.2) is 23.0 Å². The molecular weight excluding hydrogens is 476 g/mol. The summed E-state index contributed by atoms with van der Waals surface area (Å²) in [6.07, 6.45) is -1.07. The molecule has 1 atom stereocenters. The number of para-hydroxylation sites is 2. The van der Waals surface area contributed by atoms with Crippen LogP contribution in [0, 0.1) is 0 Å². The fourth-order valence-corrected chi connectivity index (χ4v) is 4.35. The summed E-state index contributed by atoms with van der Waals surface area (Å²) < 4.78 is 17.1. The Balaban J connectivity index is 1.28. The van der Waals surface area contributed by atoms with Crippen LogP contribution in [-0.2, 0) is 16.1 Å². The lowest BCUT2D eigenvalue weighted by Crippen LogP contribution is -2.30. The number of fused-ring (bicyclic) bond motifs is 1. The first kappa shape index (κ1) is 23.3. The second kappa shape index (κ2) is 10.5. The van der Waals surface area contributed by atoms with Gasteiger partial charge in [0.2, 0.25) is 5.76 Å². The van der Waals surface area contributed by atoms with Crippen molar-refractivity contribution in [2.75, 3.05) is 5.32 Å². The van der Waals surface area contributed by atoms with Crippen LogP contribution in [0.5, 0.6) is 5.75 Å².